The van der Waals surface area contributed by atoms with Crippen LogP contribution in [0, 0.1) is 0 Å². The van der Waals surface area contributed by atoms with E-state index in [1.807, 2.05) is 0 Å². The average Bonchev–Trinajstić information content (AvgIpc) is 2.65. The molecule has 0 aromatic heterocycles. The Balaban J connectivity index is 2.92. The first-order chi connectivity index (χ1) is 13.0. The van der Waals surface area contributed by atoms with Crippen LogP contribution in [-0.4, -0.2) is 141 Å². The van der Waals surface area contributed by atoms with Gasteiger partial charge in [0.05, 0.1) is 33.4 Å². The molecule has 0 radical (unpaired) electrons. The molecule has 1 aliphatic rings. The van der Waals surface area contributed by atoms with Crippen molar-refractivity contribution in [2.24, 2.45) is 0 Å². The molecule has 1 heterocycles. The first kappa shape index (κ1) is 25.3. The molecular weight excluding hydrogens is 382 g/mol. The molecule has 8 N–H and O–H groups in total. The summed E-state index contributed by atoms with van der Waals surface area (Å²) >= 11 is 0. The Morgan fingerprint density at radius 3 is 2.14 bits per heavy atom. The molecule has 28 heavy (non-hydrogen) atoms. The van der Waals surface area contributed by atoms with Gasteiger partial charge in [0.15, 0.2) is 12.4 Å². The molecule has 1 saturated heterocycles. The summed E-state index contributed by atoms with van der Waals surface area (Å²) in [5.41, 5.74) is 0. The van der Waals surface area contributed by atoms with E-state index >= 15 is 0 Å². The zero-order valence-electron chi connectivity index (χ0n) is 15.9. The fourth-order valence-corrected chi connectivity index (χ4v) is 2.87. The summed E-state index contributed by atoms with van der Waals surface area (Å²) in [7, 11) is 2.85. The van der Waals surface area contributed by atoms with Gasteiger partial charge in [-0.05, 0) is 6.42 Å². The molecule has 0 aromatic rings. The van der Waals surface area contributed by atoms with Gasteiger partial charge in [0.2, 0.25) is 0 Å². The Labute approximate surface area is 162 Å². The summed E-state index contributed by atoms with van der Waals surface area (Å²) in [6, 6.07) is 0. The molecule has 12 nitrogen and oxygen atoms in total. The summed E-state index contributed by atoms with van der Waals surface area (Å²) in [6.07, 6.45) is -13.3. The lowest BCUT2D eigenvalue weighted by Gasteiger charge is -2.41. The maximum absolute atomic E-state index is 12.4. The van der Waals surface area contributed by atoms with Crippen molar-refractivity contribution < 1.29 is 59.6 Å². The molecule has 166 valence electrons. The van der Waals surface area contributed by atoms with Crippen molar-refractivity contribution >= 4 is 5.91 Å². The van der Waals surface area contributed by atoms with Gasteiger partial charge in [0, 0.05) is 6.61 Å². The lowest BCUT2D eigenvalue weighted by atomic mass is 9.98. The summed E-state index contributed by atoms with van der Waals surface area (Å²) < 4.78 is 10.1. The summed E-state index contributed by atoms with van der Waals surface area (Å²) in [5, 5.41) is 77.7. The number of carbonyl (C=O) groups excluding carboxylic acids is 1. The molecular formula is C16H32NO11+. The monoisotopic (exact) mass is 414 g/mol. The zero-order chi connectivity index (χ0) is 21.6. The van der Waals surface area contributed by atoms with Crippen LogP contribution in [0.5, 0.6) is 0 Å². The number of carbonyl (C=O) groups is 1. The number of quaternary nitrogens is 1. The van der Waals surface area contributed by atoms with Gasteiger partial charge in [-0.3, -0.25) is 4.48 Å². The fraction of sp³-hybridized carbons (Fsp3) is 0.938. The number of hydrogen-bond donors (Lipinski definition) is 8. The van der Waals surface area contributed by atoms with E-state index in [-0.39, 0.29) is 19.6 Å². The van der Waals surface area contributed by atoms with Gasteiger partial charge in [-0.25, -0.2) is 4.79 Å². The summed E-state index contributed by atoms with van der Waals surface area (Å²) in [4.78, 5) is 12.4. The second-order valence-corrected chi connectivity index (χ2v) is 7.29. The third-order valence-corrected chi connectivity index (χ3v) is 4.78. The van der Waals surface area contributed by atoms with E-state index in [0.29, 0.717) is 0 Å². The van der Waals surface area contributed by atoms with Crippen molar-refractivity contribution in [2.45, 2.75) is 55.4 Å². The fourth-order valence-electron chi connectivity index (χ4n) is 2.87. The number of nitrogens with zero attached hydrogens (tertiary/aromatic N) is 1. The van der Waals surface area contributed by atoms with Crippen molar-refractivity contribution in [3.63, 3.8) is 0 Å². The van der Waals surface area contributed by atoms with Gasteiger partial charge in [0.1, 0.15) is 37.1 Å². The minimum absolute atomic E-state index is 0.0130. The predicted molar refractivity (Wildman–Crippen MR) is 91.4 cm³/mol. The lowest BCUT2D eigenvalue weighted by molar-refractivity contribution is -0.816. The molecule has 0 saturated carbocycles. The van der Waals surface area contributed by atoms with Crippen LogP contribution in [0.2, 0.25) is 0 Å². The molecule has 0 spiro atoms. The number of ether oxygens (including phenoxy) is 2. The topological polar surface area (TPSA) is 197 Å². The maximum Gasteiger partial charge on any atom is 0.344 e. The highest BCUT2D eigenvalue weighted by Gasteiger charge is 2.47. The minimum Gasteiger partial charge on any atom is -0.396 e. The third-order valence-electron chi connectivity index (χ3n) is 4.78. The van der Waals surface area contributed by atoms with E-state index in [1.165, 1.54) is 14.1 Å². The Bertz CT molecular complexity index is 489. The second-order valence-electron chi connectivity index (χ2n) is 7.29. The highest BCUT2D eigenvalue weighted by atomic mass is 16.7. The summed E-state index contributed by atoms with van der Waals surface area (Å²) in [5.74, 6) is -0.818. The van der Waals surface area contributed by atoms with Gasteiger partial charge in [-0.2, -0.15) is 0 Å². The van der Waals surface area contributed by atoms with E-state index in [1.54, 1.807) is 0 Å². The van der Waals surface area contributed by atoms with Crippen LogP contribution in [0.3, 0.4) is 0 Å². The molecule has 8 unspecified atom stereocenters. The number of likely N-dealkylation sites (N-methyl/N-ethyl adjacent to an activating group) is 1. The minimum atomic E-state index is -1.94. The lowest BCUT2D eigenvalue weighted by Crippen LogP contribution is -2.61. The van der Waals surface area contributed by atoms with Crippen LogP contribution in [0.25, 0.3) is 0 Å². The summed E-state index contributed by atoms with van der Waals surface area (Å²) in [6.45, 7) is -1.54. The van der Waals surface area contributed by atoms with Crippen molar-refractivity contribution in [3.05, 3.63) is 0 Å². The first-order valence-corrected chi connectivity index (χ1v) is 8.93. The Kier molecular flexibility index (Phi) is 9.79. The zero-order valence-corrected chi connectivity index (χ0v) is 15.9. The van der Waals surface area contributed by atoms with Gasteiger partial charge >= 0.3 is 5.91 Å². The SMILES string of the molecule is C[N+](C)(CCO)C(=O)C(O)C(O)C(CCO)OC1OC(CO)C(O)C(O)C1O. The van der Waals surface area contributed by atoms with Crippen LogP contribution in [0.4, 0.5) is 0 Å². The molecule has 0 bridgehead atoms. The first-order valence-electron chi connectivity index (χ1n) is 8.93. The van der Waals surface area contributed by atoms with Crippen molar-refractivity contribution in [2.75, 3.05) is 40.5 Å². The van der Waals surface area contributed by atoms with E-state index in [2.05, 4.69) is 0 Å². The number of hydrogen-bond acceptors (Lipinski definition) is 11. The highest BCUT2D eigenvalue weighted by Crippen LogP contribution is 2.25. The average molecular weight is 414 g/mol. The smallest absolute Gasteiger partial charge is 0.344 e. The van der Waals surface area contributed by atoms with Crippen LogP contribution >= 0.6 is 0 Å². The van der Waals surface area contributed by atoms with Crippen LogP contribution in [0.15, 0.2) is 0 Å². The highest BCUT2D eigenvalue weighted by molar-refractivity contribution is 5.74. The quantitative estimate of drug-likeness (QED) is 0.159. The van der Waals surface area contributed by atoms with Crippen LogP contribution in [-0.2, 0) is 14.3 Å². The Morgan fingerprint density at radius 2 is 1.64 bits per heavy atom. The normalized spacial score (nSPS) is 32.0. The number of rotatable bonds is 10. The third kappa shape index (κ3) is 5.87. The van der Waals surface area contributed by atoms with Crippen molar-refractivity contribution in [3.8, 4) is 0 Å². The van der Waals surface area contributed by atoms with Crippen LogP contribution < -0.4 is 0 Å². The van der Waals surface area contributed by atoms with Gasteiger partial charge in [-0.1, -0.05) is 0 Å². The second kappa shape index (κ2) is 10.8. The number of aliphatic hydroxyl groups is 8. The van der Waals surface area contributed by atoms with Crippen molar-refractivity contribution in [1.82, 2.24) is 0 Å². The maximum atomic E-state index is 12.4. The van der Waals surface area contributed by atoms with Gasteiger partial charge < -0.3 is 50.3 Å². The molecule has 1 fully saturated rings. The predicted octanol–water partition coefficient (Wildman–Crippen LogP) is -5.13. The molecule has 0 aromatic carbocycles. The van der Waals surface area contributed by atoms with E-state index in [9.17, 15) is 40.5 Å². The van der Waals surface area contributed by atoms with Crippen molar-refractivity contribution in [1.29, 1.82) is 0 Å². The largest absolute Gasteiger partial charge is 0.396 e. The van der Waals surface area contributed by atoms with E-state index in [0.717, 1.165) is 0 Å². The standard InChI is InChI=1S/C16H32NO11/c1-17(2,4-6-19)15(26)13(24)10(21)8(3-5-18)27-16-14(25)12(23)11(22)9(7-20)28-16/h8-14,16,18-25H,3-7H2,1-2H3/q+1. The number of aliphatic hydroxyl groups excluding tert-OH is 8. The molecule has 0 aliphatic carbocycles. The molecule has 1 aliphatic heterocycles. The molecule has 8 atom stereocenters. The van der Waals surface area contributed by atoms with E-state index in [4.69, 9.17) is 14.6 Å². The van der Waals surface area contributed by atoms with Crippen LogP contribution in [0.1, 0.15) is 6.42 Å². The molecule has 1 amide bonds. The van der Waals surface area contributed by atoms with Gasteiger partial charge in [-0.15, -0.1) is 0 Å². The molecule has 1 rings (SSSR count). The van der Waals surface area contributed by atoms with Gasteiger partial charge in [0.25, 0.3) is 0 Å². The Morgan fingerprint density at radius 1 is 1.04 bits per heavy atom. The number of amides is 1. The Hall–Kier alpha value is -0.770. The van der Waals surface area contributed by atoms with E-state index < -0.39 is 72.6 Å². The molecule has 12 heteroatoms.